The highest BCUT2D eigenvalue weighted by atomic mass is 15.1. The lowest BCUT2D eigenvalue weighted by atomic mass is 10.1. The smallest absolute Gasteiger partial charge is 0.0488 e. The number of fused-ring (bicyclic) bond motifs is 1. The van der Waals surface area contributed by atoms with Crippen molar-refractivity contribution in [3.8, 4) is 0 Å². The summed E-state index contributed by atoms with van der Waals surface area (Å²) in [5.74, 6) is 0. The van der Waals surface area contributed by atoms with Crippen LogP contribution in [0.1, 0.15) is 26.3 Å². The van der Waals surface area contributed by atoms with Crippen molar-refractivity contribution in [3.63, 3.8) is 0 Å². The number of aromatic nitrogens is 1. The Kier molecular flexibility index (Phi) is 3.00. The lowest BCUT2D eigenvalue weighted by Gasteiger charge is -2.22. The molecular weight excluding hydrogens is 208 g/mol. The molecule has 1 aromatic carbocycles. The first kappa shape index (κ1) is 12.2. The standard InChI is InChI=1S/C15H22N2/c1-15(2,3)17-11-12(10-16(4)5)13-8-6-7-9-14(13)17/h6-9,11H,10H2,1-5H3. The monoisotopic (exact) mass is 230 g/mol. The Morgan fingerprint density at radius 3 is 2.35 bits per heavy atom. The van der Waals surface area contributed by atoms with Gasteiger partial charge in [0.05, 0.1) is 0 Å². The average molecular weight is 230 g/mol. The molecule has 2 nitrogen and oxygen atoms in total. The number of hydrogen-bond acceptors (Lipinski definition) is 1. The molecule has 1 aromatic heterocycles. The normalized spacial score (nSPS) is 12.6. The molecule has 0 unspecified atom stereocenters. The molecule has 0 atom stereocenters. The molecule has 2 aromatic rings. The summed E-state index contributed by atoms with van der Waals surface area (Å²) in [4.78, 5) is 2.22. The summed E-state index contributed by atoms with van der Waals surface area (Å²) in [6.45, 7) is 7.74. The zero-order valence-corrected chi connectivity index (χ0v) is 11.5. The summed E-state index contributed by atoms with van der Waals surface area (Å²) in [5.41, 5.74) is 2.86. The van der Waals surface area contributed by atoms with Crippen molar-refractivity contribution in [1.29, 1.82) is 0 Å². The maximum absolute atomic E-state index is 2.38. The predicted molar refractivity (Wildman–Crippen MR) is 74.3 cm³/mol. The predicted octanol–water partition coefficient (Wildman–Crippen LogP) is 3.46. The van der Waals surface area contributed by atoms with E-state index in [1.807, 2.05) is 0 Å². The van der Waals surface area contributed by atoms with Crippen molar-refractivity contribution in [2.75, 3.05) is 14.1 Å². The molecule has 0 fully saturated rings. The Morgan fingerprint density at radius 2 is 1.76 bits per heavy atom. The summed E-state index contributed by atoms with van der Waals surface area (Å²) in [6, 6.07) is 8.66. The molecule has 0 spiro atoms. The van der Waals surface area contributed by atoms with Gasteiger partial charge in [0.1, 0.15) is 0 Å². The molecule has 1 heterocycles. The second-order valence-corrected chi connectivity index (χ2v) is 5.95. The summed E-state index contributed by atoms with van der Waals surface area (Å²) in [7, 11) is 4.23. The quantitative estimate of drug-likeness (QED) is 0.767. The van der Waals surface area contributed by atoms with E-state index in [1.165, 1.54) is 16.5 Å². The number of nitrogens with zero attached hydrogens (tertiary/aromatic N) is 2. The van der Waals surface area contributed by atoms with Crippen LogP contribution in [0.25, 0.3) is 10.9 Å². The van der Waals surface area contributed by atoms with Crippen LogP contribution in [0, 0.1) is 0 Å². The summed E-state index contributed by atoms with van der Waals surface area (Å²) >= 11 is 0. The first-order valence-corrected chi connectivity index (χ1v) is 6.14. The molecule has 0 aliphatic rings. The van der Waals surface area contributed by atoms with Crippen molar-refractivity contribution < 1.29 is 0 Å². The molecule has 0 saturated heterocycles. The topological polar surface area (TPSA) is 8.17 Å². The Labute approximate surface area is 104 Å². The molecule has 0 bridgehead atoms. The molecule has 0 N–H and O–H groups in total. The lowest BCUT2D eigenvalue weighted by molar-refractivity contribution is 0.392. The molecule has 0 aliphatic heterocycles. The van der Waals surface area contributed by atoms with E-state index in [0.29, 0.717) is 0 Å². The van der Waals surface area contributed by atoms with Gasteiger partial charge in [0.2, 0.25) is 0 Å². The summed E-state index contributed by atoms with van der Waals surface area (Å²) in [6.07, 6.45) is 2.30. The number of benzene rings is 1. The third-order valence-corrected chi connectivity index (χ3v) is 3.00. The van der Waals surface area contributed by atoms with Gasteiger partial charge in [0.15, 0.2) is 0 Å². The molecule has 2 heteroatoms. The largest absolute Gasteiger partial charge is 0.342 e. The van der Waals surface area contributed by atoms with E-state index in [-0.39, 0.29) is 5.54 Å². The molecule has 0 saturated carbocycles. The van der Waals surface area contributed by atoms with Crippen LogP contribution in [-0.2, 0) is 12.1 Å². The SMILES string of the molecule is CN(C)Cc1cn(C(C)(C)C)c2ccccc12. The highest BCUT2D eigenvalue weighted by Gasteiger charge is 2.17. The van der Waals surface area contributed by atoms with Crippen LogP contribution in [0.5, 0.6) is 0 Å². The molecule has 2 rings (SSSR count). The third-order valence-electron chi connectivity index (χ3n) is 3.00. The average Bonchev–Trinajstić information content (AvgIpc) is 2.56. The van der Waals surface area contributed by atoms with Gasteiger partial charge in [-0.25, -0.2) is 0 Å². The van der Waals surface area contributed by atoms with Crippen molar-refractivity contribution in [2.45, 2.75) is 32.9 Å². The second-order valence-electron chi connectivity index (χ2n) is 5.95. The van der Waals surface area contributed by atoms with E-state index in [9.17, 15) is 0 Å². The first-order chi connectivity index (χ1) is 7.89. The zero-order valence-electron chi connectivity index (χ0n) is 11.5. The van der Waals surface area contributed by atoms with Gasteiger partial charge in [0, 0.05) is 29.2 Å². The van der Waals surface area contributed by atoms with Gasteiger partial charge in [-0.05, 0) is 46.5 Å². The maximum atomic E-state index is 2.38. The Hall–Kier alpha value is -1.28. The minimum absolute atomic E-state index is 0.129. The van der Waals surface area contributed by atoms with Gasteiger partial charge >= 0.3 is 0 Å². The number of para-hydroxylation sites is 1. The maximum Gasteiger partial charge on any atom is 0.0488 e. The van der Waals surface area contributed by atoms with Gasteiger partial charge in [-0.15, -0.1) is 0 Å². The Bertz CT molecular complexity index is 515. The van der Waals surface area contributed by atoms with E-state index in [4.69, 9.17) is 0 Å². The highest BCUT2D eigenvalue weighted by molar-refractivity contribution is 5.84. The van der Waals surface area contributed by atoms with Crippen LogP contribution in [0.4, 0.5) is 0 Å². The van der Waals surface area contributed by atoms with Crippen molar-refractivity contribution in [2.24, 2.45) is 0 Å². The van der Waals surface area contributed by atoms with Gasteiger partial charge in [-0.3, -0.25) is 0 Å². The molecule has 92 valence electrons. The van der Waals surface area contributed by atoms with Crippen LogP contribution >= 0.6 is 0 Å². The van der Waals surface area contributed by atoms with Crippen LogP contribution in [0.2, 0.25) is 0 Å². The number of rotatable bonds is 2. The van der Waals surface area contributed by atoms with E-state index < -0.39 is 0 Å². The van der Waals surface area contributed by atoms with E-state index in [0.717, 1.165) is 6.54 Å². The van der Waals surface area contributed by atoms with Crippen LogP contribution in [0.15, 0.2) is 30.5 Å². The Balaban J connectivity index is 2.63. The third kappa shape index (κ3) is 2.37. The first-order valence-electron chi connectivity index (χ1n) is 6.14. The Morgan fingerprint density at radius 1 is 1.12 bits per heavy atom. The van der Waals surface area contributed by atoms with Crippen molar-refractivity contribution in [1.82, 2.24) is 9.47 Å². The molecule has 0 aliphatic carbocycles. The highest BCUT2D eigenvalue weighted by Crippen LogP contribution is 2.27. The summed E-state index contributed by atoms with van der Waals surface area (Å²) in [5, 5.41) is 1.37. The molecule has 0 radical (unpaired) electrons. The minimum Gasteiger partial charge on any atom is -0.342 e. The molecular formula is C15H22N2. The number of hydrogen-bond donors (Lipinski definition) is 0. The lowest BCUT2D eigenvalue weighted by Crippen LogP contribution is -2.20. The van der Waals surface area contributed by atoms with Gasteiger partial charge in [-0.2, -0.15) is 0 Å². The fourth-order valence-electron chi connectivity index (χ4n) is 2.27. The van der Waals surface area contributed by atoms with Crippen molar-refractivity contribution in [3.05, 3.63) is 36.0 Å². The molecule has 0 amide bonds. The minimum atomic E-state index is 0.129. The fourth-order valence-corrected chi connectivity index (χ4v) is 2.27. The van der Waals surface area contributed by atoms with Crippen LogP contribution in [0.3, 0.4) is 0 Å². The summed E-state index contributed by atoms with van der Waals surface area (Å²) < 4.78 is 2.38. The van der Waals surface area contributed by atoms with Crippen molar-refractivity contribution >= 4 is 10.9 Å². The van der Waals surface area contributed by atoms with Crippen LogP contribution in [-0.4, -0.2) is 23.6 Å². The van der Waals surface area contributed by atoms with Gasteiger partial charge in [0.25, 0.3) is 0 Å². The van der Waals surface area contributed by atoms with Gasteiger partial charge in [-0.1, -0.05) is 18.2 Å². The van der Waals surface area contributed by atoms with E-state index in [2.05, 4.69) is 74.8 Å². The van der Waals surface area contributed by atoms with E-state index >= 15 is 0 Å². The molecule has 17 heavy (non-hydrogen) atoms. The van der Waals surface area contributed by atoms with Gasteiger partial charge < -0.3 is 9.47 Å². The second kappa shape index (κ2) is 4.19. The zero-order chi connectivity index (χ0) is 12.6. The van der Waals surface area contributed by atoms with E-state index in [1.54, 1.807) is 0 Å². The van der Waals surface area contributed by atoms with Crippen LogP contribution < -0.4 is 0 Å². The fraction of sp³-hybridized carbons (Fsp3) is 0.467.